The average molecular weight is 271 g/mol. The lowest BCUT2D eigenvalue weighted by molar-refractivity contribution is -0.118. The Hall–Kier alpha value is -2.14. The maximum atomic E-state index is 12.2. The van der Waals surface area contributed by atoms with Crippen LogP contribution in [-0.4, -0.2) is 23.5 Å². The zero-order valence-electron chi connectivity index (χ0n) is 11.1. The fraction of sp³-hybridized carbons (Fsp3) is 0.333. The second-order valence-corrected chi connectivity index (χ2v) is 4.94. The van der Waals surface area contributed by atoms with E-state index >= 15 is 0 Å². The molecule has 2 heterocycles. The average Bonchev–Trinajstić information content (AvgIpc) is 3.03. The number of nitrogens with zero attached hydrogens (tertiary/aromatic N) is 1. The van der Waals surface area contributed by atoms with Crippen molar-refractivity contribution >= 4 is 11.6 Å². The van der Waals surface area contributed by atoms with E-state index in [9.17, 15) is 4.79 Å². The summed E-state index contributed by atoms with van der Waals surface area (Å²) in [5.74, 6) is 0.719. The molecule has 5 heteroatoms. The molecule has 1 atom stereocenters. The molecule has 1 saturated heterocycles. The topological polar surface area (TPSA) is 67.2 Å². The zero-order valence-corrected chi connectivity index (χ0v) is 11.1. The number of anilines is 1. The Morgan fingerprint density at radius 2 is 2.35 bits per heavy atom. The van der Waals surface area contributed by atoms with Crippen molar-refractivity contribution in [1.82, 2.24) is 10.3 Å². The third-order valence-electron chi connectivity index (χ3n) is 3.47. The molecule has 0 bridgehead atoms. The van der Waals surface area contributed by atoms with E-state index in [2.05, 4.69) is 15.6 Å². The third-order valence-corrected chi connectivity index (χ3v) is 3.47. The van der Waals surface area contributed by atoms with E-state index in [1.165, 1.54) is 6.39 Å². The van der Waals surface area contributed by atoms with E-state index < -0.39 is 0 Å². The molecule has 1 aliphatic heterocycles. The van der Waals surface area contributed by atoms with Crippen LogP contribution in [0.4, 0.5) is 5.69 Å². The van der Waals surface area contributed by atoms with Crippen molar-refractivity contribution in [3.05, 3.63) is 36.9 Å². The standard InChI is InChI=1S/C15H17N3O2/c19-15(13-6-1-2-7-17-13)18-12-5-3-4-11(8-12)14-9-16-10-20-14/h3-5,8-10,13,17H,1-2,6-7H2,(H,18,19)/t13-/m1/s1. The molecule has 0 spiro atoms. The molecule has 1 aromatic heterocycles. The predicted molar refractivity (Wildman–Crippen MR) is 76.2 cm³/mol. The first kappa shape index (κ1) is 12.9. The van der Waals surface area contributed by atoms with Crippen molar-refractivity contribution in [2.45, 2.75) is 25.3 Å². The van der Waals surface area contributed by atoms with Gasteiger partial charge in [0.15, 0.2) is 12.2 Å². The second kappa shape index (κ2) is 5.88. The number of carbonyl (C=O) groups excluding carboxylic acids is 1. The predicted octanol–water partition coefficient (Wildman–Crippen LogP) is 2.42. The summed E-state index contributed by atoms with van der Waals surface area (Å²) in [5.41, 5.74) is 1.67. The van der Waals surface area contributed by atoms with Crippen molar-refractivity contribution in [3.8, 4) is 11.3 Å². The highest BCUT2D eigenvalue weighted by Gasteiger charge is 2.20. The monoisotopic (exact) mass is 271 g/mol. The van der Waals surface area contributed by atoms with Crippen LogP contribution in [0.2, 0.25) is 0 Å². The van der Waals surface area contributed by atoms with Gasteiger partial charge in [-0.3, -0.25) is 4.79 Å². The lowest BCUT2D eigenvalue weighted by Gasteiger charge is -2.22. The van der Waals surface area contributed by atoms with E-state index in [0.29, 0.717) is 5.76 Å². The van der Waals surface area contributed by atoms with Crippen molar-refractivity contribution in [1.29, 1.82) is 0 Å². The highest BCUT2D eigenvalue weighted by molar-refractivity contribution is 5.95. The Morgan fingerprint density at radius 1 is 1.40 bits per heavy atom. The van der Waals surface area contributed by atoms with Crippen LogP contribution >= 0.6 is 0 Å². The van der Waals surface area contributed by atoms with Crippen LogP contribution in [0.15, 0.2) is 41.3 Å². The van der Waals surface area contributed by atoms with Gasteiger partial charge in [-0.2, -0.15) is 0 Å². The van der Waals surface area contributed by atoms with Crippen molar-refractivity contribution in [3.63, 3.8) is 0 Å². The van der Waals surface area contributed by atoms with Crippen LogP contribution in [-0.2, 0) is 4.79 Å². The first-order valence-electron chi connectivity index (χ1n) is 6.86. The first-order chi connectivity index (χ1) is 9.83. The van der Waals surface area contributed by atoms with Crippen molar-refractivity contribution < 1.29 is 9.21 Å². The van der Waals surface area contributed by atoms with Gasteiger partial charge in [-0.25, -0.2) is 4.98 Å². The number of hydrogen-bond acceptors (Lipinski definition) is 4. The lowest BCUT2D eigenvalue weighted by Crippen LogP contribution is -2.43. The summed E-state index contributed by atoms with van der Waals surface area (Å²) in [5, 5.41) is 6.19. The minimum atomic E-state index is -0.0855. The van der Waals surface area contributed by atoms with E-state index in [4.69, 9.17) is 4.42 Å². The summed E-state index contributed by atoms with van der Waals surface area (Å²) in [7, 11) is 0. The quantitative estimate of drug-likeness (QED) is 0.899. The molecule has 0 unspecified atom stereocenters. The van der Waals surface area contributed by atoms with Crippen molar-refractivity contribution in [2.24, 2.45) is 0 Å². The van der Waals surface area contributed by atoms with Crippen LogP contribution in [0.25, 0.3) is 11.3 Å². The molecular weight excluding hydrogens is 254 g/mol. The van der Waals surface area contributed by atoms with E-state index in [0.717, 1.165) is 37.1 Å². The summed E-state index contributed by atoms with van der Waals surface area (Å²) >= 11 is 0. The number of aromatic nitrogens is 1. The van der Waals surface area contributed by atoms with Gasteiger partial charge in [0, 0.05) is 11.3 Å². The highest BCUT2D eigenvalue weighted by atomic mass is 16.3. The molecule has 0 radical (unpaired) electrons. The van der Waals surface area contributed by atoms with Gasteiger partial charge in [-0.1, -0.05) is 18.6 Å². The number of benzene rings is 1. The summed E-state index contributed by atoms with van der Waals surface area (Å²) in [6, 6.07) is 7.50. The maximum Gasteiger partial charge on any atom is 0.241 e. The number of carbonyl (C=O) groups is 1. The zero-order chi connectivity index (χ0) is 13.8. The number of oxazole rings is 1. The molecule has 0 aliphatic carbocycles. The highest BCUT2D eigenvalue weighted by Crippen LogP contribution is 2.22. The molecule has 3 rings (SSSR count). The SMILES string of the molecule is O=C(Nc1cccc(-c2cnco2)c1)[C@H]1CCCCN1. The molecule has 104 valence electrons. The molecule has 2 aromatic rings. The summed E-state index contributed by atoms with van der Waals surface area (Å²) in [4.78, 5) is 16.1. The molecule has 5 nitrogen and oxygen atoms in total. The molecule has 1 aromatic carbocycles. The van der Waals surface area contributed by atoms with Gasteiger partial charge in [0.2, 0.25) is 5.91 Å². The van der Waals surface area contributed by atoms with E-state index in [1.807, 2.05) is 24.3 Å². The number of nitrogens with one attached hydrogen (secondary N) is 2. The third kappa shape index (κ3) is 2.88. The van der Waals surface area contributed by atoms with Crippen LogP contribution in [0.5, 0.6) is 0 Å². The number of amides is 1. The van der Waals surface area contributed by atoms with Gasteiger partial charge in [-0.15, -0.1) is 0 Å². The minimum absolute atomic E-state index is 0.0272. The molecule has 20 heavy (non-hydrogen) atoms. The Labute approximate surface area is 117 Å². The van der Waals surface area contributed by atoms with Crippen LogP contribution in [0.3, 0.4) is 0 Å². The number of piperidine rings is 1. The van der Waals surface area contributed by atoms with E-state index in [-0.39, 0.29) is 11.9 Å². The molecule has 2 N–H and O–H groups in total. The summed E-state index contributed by atoms with van der Waals surface area (Å²) in [6.07, 6.45) is 6.19. The van der Waals surface area contributed by atoms with Gasteiger partial charge in [0.05, 0.1) is 12.2 Å². The fourth-order valence-corrected chi connectivity index (χ4v) is 2.41. The van der Waals surface area contributed by atoms with Gasteiger partial charge in [0.25, 0.3) is 0 Å². The Kier molecular flexibility index (Phi) is 3.78. The molecule has 1 aliphatic rings. The van der Waals surface area contributed by atoms with Crippen molar-refractivity contribution in [2.75, 3.05) is 11.9 Å². The van der Waals surface area contributed by atoms with E-state index in [1.54, 1.807) is 6.20 Å². The lowest BCUT2D eigenvalue weighted by atomic mass is 10.0. The van der Waals surface area contributed by atoms with Gasteiger partial charge in [0.1, 0.15) is 0 Å². The minimum Gasteiger partial charge on any atom is -0.444 e. The molecule has 1 amide bonds. The molecule has 0 saturated carbocycles. The Bertz CT molecular complexity index is 575. The Morgan fingerprint density at radius 3 is 3.10 bits per heavy atom. The van der Waals surface area contributed by atoms with Crippen LogP contribution < -0.4 is 10.6 Å². The Balaban J connectivity index is 1.71. The summed E-state index contributed by atoms with van der Waals surface area (Å²) < 4.78 is 5.26. The smallest absolute Gasteiger partial charge is 0.241 e. The van der Waals surface area contributed by atoms with Gasteiger partial charge < -0.3 is 15.1 Å². The first-order valence-corrected chi connectivity index (χ1v) is 6.86. The van der Waals surface area contributed by atoms with Crippen LogP contribution in [0.1, 0.15) is 19.3 Å². The molecular formula is C15H17N3O2. The number of hydrogen-bond donors (Lipinski definition) is 2. The van der Waals surface area contributed by atoms with Crippen LogP contribution in [0, 0.1) is 0 Å². The normalized spacial score (nSPS) is 18.7. The maximum absolute atomic E-state index is 12.2. The largest absolute Gasteiger partial charge is 0.444 e. The van der Waals surface area contributed by atoms with Gasteiger partial charge in [-0.05, 0) is 31.5 Å². The van der Waals surface area contributed by atoms with Gasteiger partial charge >= 0.3 is 0 Å². The second-order valence-electron chi connectivity index (χ2n) is 4.94. The fourth-order valence-electron chi connectivity index (χ4n) is 2.41. The molecule has 1 fully saturated rings. The number of rotatable bonds is 3. The summed E-state index contributed by atoms with van der Waals surface area (Å²) in [6.45, 7) is 0.913.